The number of amides is 2. The van der Waals surface area contributed by atoms with Crippen molar-refractivity contribution >= 4 is 11.8 Å². The summed E-state index contributed by atoms with van der Waals surface area (Å²) in [5.41, 5.74) is 1.70. The molecular weight excluding hydrogens is 536 g/mol. The van der Waals surface area contributed by atoms with Crippen molar-refractivity contribution in [2.75, 3.05) is 26.2 Å². The zero-order valence-electron chi connectivity index (χ0n) is 26.9. The fourth-order valence-electron chi connectivity index (χ4n) is 11.1. The molecule has 0 bridgehead atoms. The lowest BCUT2D eigenvalue weighted by Crippen LogP contribution is -2.58. The van der Waals surface area contributed by atoms with Crippen LogP contribution in [0.2, 0.25) is 0 Å². The number of aliphatic hydroxyl groups excluding tert-OH is 2. The first-order valence-corrected chi connectivity index (χ1v) is 17.6. The molecule has 4 saturated carbocycles. The third-order valence-electron chi connectivity index (χ3n) is 13.7. The summed E-state index contributed by atoms with van der Waals surface area (Å²) in [6, 6.07) is 10.2. The molecule has 0 unspecified atom stereocenters. The van der Waals surface area contributed by atoms with E-state index in [1.807, 2.05) is 28.0 Å². The molecule has 0 aromatic heterocycles. The van der Waals surface area contributed by atoms with E-state index in [2.05, 4.69) is 32.9 Å². The zero-order valence-corrected chi connectivity index (χ0v) is 26.9. The molecular formula is C37H56N2O4. The maximum absolute atomic E-state index is 13.3. The van der Waals surface area contributed by atoms with Gasteiger partial charge in [0, 0.05) is 39.0 Å². The number of aliphatic hydroxyl groups is 2. The molecule has 1 saturated heterocycles. The van der Waals surface area contributed by atoms with E-state index in [4.69, 9.17) is 0 Å². The van der Waals surface area contributed by atoms with Crippen molar-refractivity contribution in [3.05, 3.63) is 35.9 Å². The van der Waals surface area contributed by atoms with E-state index in [1.54, 1.807) is 0 Å². The lowest BCUT2D eigenvalue weighted by atomic mass is 9.43. The van der Waals surface area contributed by atoms with Crippen LogP contribution in [0.4, 0.5) is 0 Å². The summed E-state index contributed by atoms with van der Waals surface area (Å²) >= 11 is 0. The topological polar surface area (TPSA) is 81.1 Å². The van der Waals surface area contributed by atoms with Crippen molar-refractivity contribution in [3.8, 4) is 0 Å². The summed E-state index contributed by atoms with van der Waals surface area (Å²) < 4.78 is 0. The Balaban J connectivity index is 0.991. The van der Waals surface area contributed by atoms with Crippen LogP contribution in [0.5, 0.6) is 0 Å². The number of hydrogen-bond donors (Lipinski definition) is 2. The molecule has 4 aliphatic carbocycles. The highest BCUT2D eigenvalue weighted by molar-refractivity contribution is 5.78. The Hall–Kier alpha value is -1.92. The van der Waals surface area contributed by atoms with Gasteiger partial charge in [-0.2, -0.15) is 0 Å². The van der Waals surface area contributed by atoms with Crippen molar-refractivity contribution < 1.29 is 19.8 Å². The minimum absolute atomic E-state index is 0.189. The summed E-state index contributed by atoms with van der Waals surface area (Å²) in [6.07, 6.45) is 11.0. The Morgan fingerprint density at radius 1 is 0.837 bits per heavy atom. The van der Waals surface area contributed by atoms with E-state index in [0.29, 0.717) is 74.5 Å². The highest BCUT2D eigenvalue weighted by Gasteiger charge is 2.62. The Labute approximate surface area is 259 Å². The van der Waals surface area contributed by atoms with E-state index < -0.39 is 0 Å². The molecule has 6 rings (SSSR count). The molecule has 1 heterocycles. The highest BCUT2D eigenvalue weighted by atomic mass is 16.3. The second-order valence-electron chi connectivity index (χ2n) is 15.7. The SMILES string of the molecule is C[C@H](CCC(=O)N1CCN(C(=O)CCc2ccccc2)CC1)[C@H]1CC[C@H]2[C@@H]3[C@@H](O)C[C@@H]4C[C@H](O)CC[C@]4(C)[C@H]3CC[C@]12C. The standard InChI is InChI=1S/C37H56N2O4/c1-25(9-13-33(42)38-19-21-39(22-20-38)34(43)14-10-26-7-5-4-6-8-26)29-11-12-30-35-31(16-18-37(29,30)3)36(2)17-15-28(40)23-27(36)24-32(35)41/h4-8,25,27-32,35,40-41H,9-24H2,1-3H3/t25-,27+,28-,29-,30+,31+,32+,35+,36+,37-/m1/s1. The number of fused-ring (bicyclic) bond motifs is 5. The fourth-order valence-corrected chi connectivity index (χ4v) is 11.1. The minimum Gasteiger partial charge on any atom is -0.393 e. The first-order chi connectivity index (χ1) is 20.6. The van der Waals surface area contributed by atoms with Gasteiger partial charge >= 0.3 is 0 Å². The van der Waals surface area contributed by atoms with Gasteiger partial charge in [-0.25, -0.2) is 0 Å². The number of rotatable bonds is 7. The summed E-state index contributed by atoms with van der Waals surface area (Å²) in [5, 5.41) is 21.9. The molecule has 238 valence electrons. The number of benzene rings is 1. The van der Waals surface area contributed by atoms with Crippen LogP contribution in [-0.4, -0.2) is 70.2 Å². The number of nitrogens with zero attached hydrogens (tertiary/aromatic N) is 2. The number of hydrogen-bond acceptors (Lipinski definition) is 4. The first kappa shape index (κ1) is 31.1. The largest absolute Gasteiger partial charge is 0.393 e. The Kier molecular flexibility index (Phi) is 9.01. The monoisotopic (exact) mass is 592 g/mol. The van der Waals surface area contributed by atoms with Crippen LogP contribution >= 0.6 is 0 Å². The van der Waals surface area contributed by atoms with Crippen LogP contribution in [0, 0.1) is 46.3 Å². The Morgan fingerprint density at radius 2 is 1.47 bits per heavy atom. The van der Waals surface area contributed by atoms with Crippen LogP contribution in [0.15, 0.2) is 30.3 Å². The van der Waals surface area contributed by atoms with E-state index in [1.165, 1.54) is 31.2 Å². The first-order valence-electron chi connectivity index (χ1n) is 17.6. The minimum atomic E-state index is -0.238. The summed E-state index contributed by atoms with van der Waals surface area (Å²) in [7, 11) is 0. The average Bonchev–Trinajstić information content (AvgIpc) is 3.37. The number of aryl methyl sites for hydroxylation is 1. The van der Waals surface area contributed by atoms with E-state index in [9.17, 15) is 19.8 Å². The van der Waals surface area contributed by atoms with Gasteiger partial charge in [0.05, 0.1) is 12.2 Å². The van der Waals surface area contributed by atoms with Crippen molar-refractivity contribution in [2.24, 2.45) is 46.3 Å². The molecule has 0 spiro atoms. The van der Waals surface area contributed by atoms with E-state index in [-0.39, 0.29) is 34.9 Å². The average molecular weight is 593 g/mol. The van der Waals surface area contributed by atoms with E-state index in [0.717, 1.165) is 38.5 Å². The van der Waals surface area contributed by atoms with Crippen LogP contribution in [0.3, 0.4) is 0 Å². The van der Waals surface area contributed by atoms with Gasteiger partial charge in [-0.1, -0.05) is 51.1 Å². The Morgan fingerprint density at radius 3 is 2.16 bits per heavy atom. The molecule has 6 heteroatoms. The molecule has 1 aromatic rings. The molecule has 5 fully saturated rings. The molecule has 2 amide bonds. The van der Waals surface area contributed by atoms with Crippen molar-refractivity contribution in [2.45, 2.75) is 110 Å². The second-order valence-corrected chi connectivity index (χ2v) is 15.7. The summed E-state index contributed by atoms with van der Waals surface area (Å²) in [6.45, 7) is 9.94. The third-order valence-corrected chi connectivity index (χ3v) is 13.7. The van der Waals surface area contributed by atoms with Gasteiger partial charge in [0.1, 0.15) is 0 Å². The molecule has 0 radical (unpaired) electrons. The van der Waals surface area contributed by atoms with Crippen molar-refractivity contribution in [1.82, 2.24) is 9.80 Å². The fraction of sp³-hybridized carbons (Fsp3) is 0.784. The molecule has 1 aliphatic heterocycles. The van der Waals surface area contributed by atoms with E-state index >= 15 is 0 Å². The quantitative estimate of drug-likeness (QED) is 0.426. The predicted octanol–water partition coefficient (Wildman–Crippen LogP) is 5.70. The summed E-state index contributed by atoms with van der Waals surface area (Å²) in [4.78, 5) is 29.9. The highest BCUT2D eigenvalue weighted by Crippen LogP contribution is 2.68. The van der Waals surface area contributed by atoms with Crippen LogP contribution < -0.4 is 0 Å². The smallest absolute Gasteiger partial charge is 0.223 e. The van der Waals surface area contributed by atoms with Gasteiger partial charge < -0.3 is 20.0 Å². The molecule has 43 heavy (non-hydrogen) atoms. The third kappa shape index (κ3) is 5.92. The normalized spacial score (nSPS) is 39.9. The lowest BCUT2D eigenvalue weighted by Gasteiger charge is -2.62. The Bertz CT molecular complexity index is 1130. The molecule has 10 atom stereocenters. The van der Waals surface area contributed by atoms with Gasteiger partial charge in [0.2, 0.25) is 11.8 Å². The maximum Gasteiger partial charge on any atom is 0.223 e. The molecule has 6 nitrogen and oxygen atoms in total. The zero-order chi connectivity index (χ0) is 30.4. The number of carbonyl (C=O) groups excluding carboxylic acids is 2. The van der Waals surface area contributed by atoms with Crippen LogP contribution in [0.1, 0.15) is 97.0 Å². The van der Waals surface area contributed by atoms with Gasteiger partial charge in [-0.3, -0.25) is 9.59 Å². The van der Waals surface area contributed by atoms with Gasteiger partial charge in [-0.15, -0.1) is 0 Å². The summed E-state index contributed by atoms with van der Waals surface area (Å²) in [5.74, 6) is 3.52. The van der Waals surface area contributed by atoms with Gasteiger partial charge in [0.15, 0.2) is 0 Å². The van der Waals surface area contributed by atoms with Gasteiger partial charge in [0.25, 0.3) is 0 Å². The molecule has 2 N–H and O–H groups in total. The molecule has 1 aromatic carbocycles. The maximum atomic E-state index is 13.3. The van der Waals surface area contributed by atoms with Gasteiger partial charge in [-0.05, 0) is 116 Å². The lowest BCUT2D eigenvalue weighted by molar-refractivity contribution is -0.174. The number of piperazine rings is 1. The molecule has 5 aliphatic rings. The number of carbonyl (C=O) groups is 2. The second kappa shape index (κ2) is 12.5. The predicted molar refractivity (Wildman–Crippen MR) is 169 cm³/mol. The van der Waals surface area contributed by atoms with Crippen molar-refractivity contribution in [1.29, 1.82) is 0 Å². The van der Waals surface area contributed by atoms with Crippen molar-refractivity contribution in [3.63, 3.8) is 0 Å². The van der Waals surface area contributed by atoms with Crippen LogP contribution in [-0.2, 0) is 16.0 Å². The van der Waals surface area contributed by atoms with Crippen LogP contribution in [0.25, 0.3) is 0 Å².